The minimum atomic E-state index is -1.65. The lowest BCUT2D eigenvalue weighted by Crippen LogP contribution is -2.34. The van der Waals surface area contributed by atoms with Crippen molar-refractivity contribution >= 4 is 0 Å². The van der Waals surface area contributed by atoms with Crippen LogP contribution in [0, 0.1) is 23.7 Å². The minimum Gasteiger partial charge on any atom is -0.370 e. The fraction of sp³-hybridized carbons (Fsp3) is 0.760. The third kappa shape index (κ3) is 5.55. The molecule has 6 atom stereocenters. The first-order valence-electron chi connectivity index (χ1n) is 11.6. The van der Waals surface area contributed by atoms with Gasteiger partial charge in [-0.2, -0.15) is 0 Å². The fourth-order valence-corrected chi connectivity index (χ4v) is 5.61. The van der Waals surface area contributed by atoms with Crippen molar-refractivity contribution in [1.29, 1.82) is 0 Å². The molecule has 1 nitrogen and oxygen atoms in total. The van der Waals surface area contributed by atoms with Gasteiger partial charge in [0, 0.05) is 0 Å². The number of fused-ring (bicyclic) bond motifs is 1. The highest BCUT2D eigenvalue weighted by Crippen LogP contribution is 2.45. The molecule has 0 aromatic rings. The van der Waals surface area contributed by atoms with Crippen LogP contribution in [0.4, 0.5) is 8.78 Å². The van der Waals surface area contributed by atoms with Crippen LogP contribution >= 0.6 is 0 Å². The maximum absolute atomic E-state index is 14.5. The van der Waals surface area contributed by atoms with Crippen molar-refractivity contribution in [2.45, 2.75) is 90.3 Å². The molecule has 0 aliphatic heterocycles. The van der Waals surface area contributed by atoms with Crippen LogP contribution in [-0.2, 0) is 4.74 Å². The van der Waals surface area contributed by atoms with E-state index in [1.54, 1.807) is 12.2 Å². The molecule has 3 rings (SSSR count). The molecular formula is C25H38F2O. The van der Waals surface area contributed by atoms with Crippen molar-refractivity contribution in [3.05, 3.63) is 35.7 Å². The maximum atomic E-state index is 14.5. The van der Waals surface area contributed by atoms with E-state index in [0.29, 0.717) is 24.5 Å². The first-order valence-corrected chi connectivity index (χ1v) is 11.6. The van der Waals surface area contributed by atoms with Gasteiger partial charge in [0.15, 0.2) is 6.17 Å². The van der Waals surface area contributed by atoms with Gasteiger partial charge in [-0.15, -0.1) is 0 Å². The van der Waals surface area contributed by atoms with Crippen molar-refractivity contribution in [3.8, 4) is 0 Å². The summed E-state index contributed by atoms with van der Waals surface area (Å²) in [5.41, 5.74) is 0.481. The van der Waals surface area contributed by atoms with Gasteiger partial charge >= 0.3 is 0 Å². The van der Waals surface area contributed by atoms with E-state index in [0.717, 1.165) is 24.2 Å². The minimum absolute atomic E-state index is 0.481. The van der Waals surface area contributed by atoms with Gasteiger partial charge in [-0.05, 0) is 81.1 Å². The van der Waals surface area contributed by atoms with Crippen LogP contribution in [0.5, 0.6) is 0 Å². The van der Waals surface area contributed by atoms with Gasteiger partial charge < -0.3 is 4.74 Å². The van der Waals surface area contributed by atoms with E-state index >= 15 is 0 Å². The molecule has 0 bridgehead atoms. The number of allylic oxidation sites excluding steroid dienone is 4. The quantitative estimate of drug-likeness (QED) is 0.389. The Hall–Kier alpha value is -0.960. The second kappa shape index (κ2) is 10.7. The zero-order valence-corrected chi connectivity index (χ0v) is 17.7. The number of hydrogen-bond donors (Lipinski definition) is 0. The monoisotopic (exact) mass is 392 g/mol. The highest BCUT2D eigenvalue weighted by atomic mass is 19.2. The number of halogens is 2. The molecule has 0 radical (unpaired) electrons. The Morgan fingerprint density at radius 2 is 1.82 bits per heavy atom. The molecule has 0 spiro atoms. The lowest BCUT2D eigenvalue weighted by molar-refractivity contribution is -0.0116. The fourth-order valence-electron chi connectivity index (χ4n) is 5.61. The molecule has 2 fully saturated rings. The molecule has 3 aliphatic carbocycles. The Bertz CT molecular complexity index is 579. The summed E-state index contributed by atoms with van der Waals surface area (Å²) in [4.78, 5) is 0. The Morgan fingerprint density at radius 1 is 1.11 bits per heavy atom. The molecule has 0 heterocycles. The van der Waals surface area contributed by atoms with Crippen LogP contribution in [-0.4, -0.2) is 18.9 Å². The van der Waals surface area contributed by atoms with Crippen LogP contribution in [0.2, 0.25) is 0 Å². The Kier molecular flexibility index (Phi) is 8.32. The lowest BCUT2D eigenvalue weighted by Gasteiger charge is -2.42. The molecule has 2 saturated carbocycles. The second-order valence-corrected chi connectivity index (χ2v) is 9.21. The predicted molar refractivity (Wildman–Crippen MR) is 113 cm³/mol. The van der Waals surface area contributed by atoms with E-state index in [1.807, 2.05) is 19.1 Å². The lowest BCUT2D eigenvalue weighted by atomic mass is 9.64. The summed E-state index contributed by atoms with van der Waals surface area (Å²) in [5, 5.41) is 0. The van der Waals surface area contributed by atoms with Crippen LogP contribution in [0.3, 0.4) is 0 Å². The third-order valence-electron chi connectivity index (χ3n) is 7.19. The van der Waals surface area contributed by atoms with Gasteiger partial charge in [-0.25, -0.2) is 8.78 Å². The highest BCUT2D eigenvalue weighted by Gasteiger charge is 2.36. The van der Waals surface area contributed by atoms with E-state index < -0.39 is 18.1 Å². The van der Waals surface area contributed by atoms with Gasteiger partial charge in [0.05, 0.1) is 6.61 Å². The van der Waals surface area contributed by atoms with Crippen molar-refractivity contribution < 1.29 is 13.5 Å². The summed E-state index contributed by atoms with van der Waals surface area (Å²) in [6, 6.07) is 0. The van der Waals surface area contributed by atoms with Crippen molar-refractivity contribution in [1.82, 2.24) is 0 Å². The third-order valence-corrected chi connectivity index (χ3v) is 7.19. The molecule has 0 aromatic heterocycles. The molecule has 6 unspecified atom stereocenters. The SMILES string of the molecule is C/C=C/CCC1=C(F)C(F)C(OCC2CCC3CC(CCC)CCC3C2)C=C1. The summed E-state index contributed by atoms with van der Waals surface area (Å²) in [6.07, 6.45) is 16.8. The van der Waals surface area contributed by atoms with Gasteiger partial charge in [0.2, 0.25) is 0 Å². The smallest absolute Gasteiger partial charge is 0.181 e. The number of alkyl halides is 1. The summed E-state index contributed by atoms with van der Waals surface area (Å²) >= 11 is 0. The number of hydrogen-bond acceptors (Lipinski definition) is 1. The molecule has 0 amide bonds. The predicted octanol–water partition coefficient (Wildman–Crippen LogP) is 7.49. The molecular weight excluding hydrogens is 354 g/mol. The average Bonchev–Trinajstić information content (AvgIpc) is 2.71. The molecule has 28 heavy (non-hydrogen) atoms. The summed E-state index contributed by atoms with van der Waals surface area (Å²) in [7, 11) is 0. The molecule has 3 aliphatic rings. The van der Waals surface area contributed by atoms with Gasteiger partial charge in [-0.1, -0.05) is 50.5 Å². The van der Waals surface area contributed by atoms with Gasteiger partial charge in [0.1, 0.15) is 11.9 Å². The van der Waals surface area contributed by atoms with Gasteiger partial charge in [0.25, 0.3) is 0 Å². The summed E-state index contributed by atoms with van der Waals surface area (Å²) < 4.78 is 34.7. The first-order chi connectivity index (χ1) is 13.6. The van der Waals surface area contributed by atoms with E-state index in [9.17, 15) is 8.78 Å². The number of ether oxygens (including phenoxy) is 1. The second-order valence-electron chi connectivity index (χ2n) is 9.21. The van der Waals surface area contributed by atoms with Crippen LogP contribution in [0.25, 0.3) is 0 Å². The standard InChI is InChI=1S/C25H38F2O/c1-3-5-6-8-20-13-14-23(25(27)24(20)26)28-17-19-10-12-21-15-18(7-4-2)9-11-22(21)16-19/h3,5,13-14,18-19,21-23,25H,4,6-12,15-17H2,1-2H3/b5-3+. The van der Waals surface area contributed by atoms with Crippen LogP contribution in [0.15, 0.2) is 35.7 Å². The first kappa shape index (κ1) is 21.7. The zero-order valence-electron chi connectivity index (χ0n) is 17.7. The average molecular weight is 393 g/mol. The highest BCUT2D eigenvalue weighted by molar-refractivity contribution is 5.31. The molecule has 0 saturated heterocycles. The van der Waals surface area contributed by atoms with Crippen molar-refractivity contribution in [2.75, 3.05) is 6.61 Å². The van der Waals surface area contributed by atoms with E-state index in [4.69, 9.17) is 4.74 Å². The van der Waals surface area contributed by atoms with E-state index in [2.05, 4.69) is 6.92 Å². The molecule has 3 heteroatoms. The normalized spacial score (nSPS) is 36.1. The van der Waals surface area contributed by atoms with Crippen molar-refractivity contribution in [2.24, 2.45) is 23.7 Å². The molecule has 158 valence electrons. The summed E-state index contributed by atoms with van der Waals surface area (Å²) in [6.45, 7) is 4.80. The van der Waals surface area contributed by atoms with Gasteiger partial charge in [-0.3, -0.25) is 0 Å². The Balaban J connectivity index is 1.44. The Morgan fingerprint density at radius 3 is 2.54 bits per heavy atom. The zero-order chi connectivity index (χ0) is 19.9. The van der Waals surface area contributed by atoms with Crippen LogP contribution in [0.1, 0.15) is 78.1 Å². The van der Waals surface area contributed by atoms with Crippen molar-refractivity contribution in [3.63, 3.8) is 0 Å². The van der Waals surface area contributed by atoms with E-state index in [-0.39, 0.29) is 0 Å². The molecule has 0 aromatic carbocycles. The number of rotatable bonds is 8. The molecule has 0 N–H and O–H groups in total. The Labute approximate surface area is 170 Å². The van der Waals surface area contributed by atoms with E-state index in [1.165, 1.54) is 51.4 Å². The maximum Gasteiger partial charge on any atom is 0.181 e. The largest absolute Gasteiger partial charge is 0.370 e. The topological polar surface area (TPSA) is 9.23 Å². The summed E-state index contributed by atoms with van der Waals surface area (Å²) in [5.74, 6) is 2.54. The van der Waals surface area contributed by atoms with Crippen LogP contribution < -0.4 is 0 Å².